The summed E-state index contributed by atoms with van der Waals surface area (Å²) in [6, 6.07) is 0. The molecule has 0 rings (SSSR count). The smallest absolute Gasteiger partial charge is 0.306 e. The maximum absolute atomic E-state index is 12.2. The third-order valence-electron chi connectivity index (χ3n) is 8.33. The quantitative estimate of drug-likeness (QED) is 0.0414. The Morgan fingerprint density at radius 1 is 0.532 bits per heavy atom. The lowest BCUT2D eigenvalue weighted by Gasteiger charge is -2.16. The Morgan fingerprint density at radius 3 is 1.45 bits per heavy atom. The van der Waals surface area contributed by atoms with Crippen molar-refractivity contribution < 1.29 is 19.4 Å². The van der Waals surface area contributed by atoms with Gasteiger partial charge in [0.25, 0.3) is 0 Å². The molecule has 1 unspecified atom stereocenters. The van der Waals surface area contributed by atoms with Gasteiger partial charge in [0.05, 0.1) is 13.2 Å². The van der Waals surface area contributed by atoms with Crippen molar-refractivity contribution in [3.05, 3.63) is 60.8 Å². The van der Waals surface area contributed by atoms with Crippen molar-refractivity contribution >= 4 is 5.97 Å². The minimum atomic E-state index is -0.544. The fourth-order valence-electron chi connectivity index (χ4n) is 5.37. The molecule has 0 saturated heterocycles. The molecule has 0 fully saturated rings. The van der Waals surface area contributed by atoms with E-state index in [-0.39, 0.29) is 19.2 Å². The average Bonchev–Trinajstić information content (AvgIpc) is 3.08. The third-order valence-corrected chi connectivity index (χ3v) is 8.33. The maximum Gasteiger partial charge on any atom is 0.306 e. The third kappa shape index (κ3) is 38.4. The number of allylic oxidation sites excluding steroid dienone is 10. The van der Waals surface area contributed by atoms with Crippen molar-refractivity contribution in [2.45, 2.75) is 187 Å². The number of hydrogen-bond donors (Lipinski definition) is 1. The van der Waals surface area contributed by atoms with Crippen LogP contribution in [0.15, 0.2) is 60.8 Å². The predicted octanol–water partition coefficient (Wildman–Crippen LogP) is 12.9. The summed E-state index contributed by atoms with van der Waals surface area (Å²) >= 11 is 0. The summed E-state index contributed by atoms with van der Waals surface area (Å²) in [4.78, 5) is 12.2. The largest absolute Gasteiger partial charge is 0.457 e. The fourth-order valence-corrected chi connectivity index (χ4v) is 5.37. The van der Waals surface area contributed by atoms with E-state index in [1.54, 1.807) is 0 Å². The van der Waals surface area contributed by atoms with Crippen LogP contribution < -0.4 is 0 Å². The molecule has 0 radical (unpaired) electrons. The van der Waals surface area contributed by atoms with Gasteiger partial charge in [0.1, 0.15) is 6.10 Å². The molecular formula is C43H76O4. The second kappa shape index (κ2) is 40.3. The minimum Gasteiger partial charge on any atom is -0.457 e. The monoisotopic (exact) mass is 657 g/mol. The zero-order valence-electron chi connectivity index (χ0n) is 31.0. The number of aliphatic hydroxyl groups excluding tert-OH is 1. The van der Waals surface area contributed by atoms with Crippen LogP contribution in [0.3, 0.4) is 0 Å². The molecule has 1 N–H and O–H groups in total. The van der Waals surface area contributed by atoms with E-state index in [4.69, 9.17) is 9.47 Å². The van der Waals surface area contributed by atoms with E-state index in [1.165, 1.54) is 116 Å². The Hall–Kier alpha value is -1.91. The standard InChI is InChI=1S/C43H76O4/c1-3-5-7-9-11-13-15-17-19-21-23-25-27-29-31-33-35-37-39-46-41-42(40-44)47-43(45)38-36-34-32-30-28-26-24-22-20-18-16-14-12-10-8-6-4-2/h5,7,11-14,17-20,42,44H,3-4,6,8-10,15-16,21-41H2,1-2H3/b7-5-,13-11-,14-12-,19-17-,20-18-. The predicted molar refractivity (Wildman–Crippen MR) is 205 cm³/mol. The number of carbonyl (C=O) groups excluding carboxylic acids is 1. The maximum atomic E-state index is 12.2. The van der Waals surface area contributed by atoms with E-state index in [9.17, 15) is 9.90 Å². The van der Waals surface area contributed by atoms with E-state index in [0.29, 0.717) is 13.0 Å². The summed E-state index contributed by atoms with van der Waals surface area (Å²) < 4.78 is 11.1. The highest BCUT2D eigenvalue weighted by Gasteiger charge is 2.13. The van der Waals surface area contributed by atoms with Gasteiger partial charge < -0.3 is 14.6 Å². The molecular weight excluding hydrogens is 580 g/mol. The second-order valence-electron chi connectivity index (χ2n) is 13.0. The van der Waals surface area contributed by atoms with Gasteiger partial charge in [-0.25, -0.2) is 0 Å². The molecule has 0 spiro atoms. The van der Waals surface area contributed by atoms with Crippen molar-refractivity contribution in [1.82, 2.24) is 0 Å². The molecule has 4 heteroatoms. The van der Waals surface area contributed by atoms with Crippen molar-refractivity contribution in [3.8, 4) is 0 Å². The fraction of sp³-hybridized carbons (Fsp3) is 0.744. The molecule has 0 heterocycles. The lowest BCUT2D eigenvalue weighted by molar-refractivity contribution is -0.154. The number of hydrogen-bond acceptors (Lipinski definition) is 4. The number of carbonyl (C=O) groups is 1. The molecule has 1 atom stereocenters. The Labute approximate surface area is 292 Å². The number of esters is 1. The molecule has 0 bridgehead atoms. The highest BCUT2D eigenvalue weighted by molar-refractivity contribution is 5.69. The molecule has 0 aromatic carbocycles. The van der Waals surface area contributed by atoms with Gasteiger partial charge >= 0.3 is 5.97 Å². The van der Waals surface area contributed by atoms with Gasteiger partial charge in [0.15, 0.2) is 0 Å². The first-order valence-electron chi connectivity index (χ1n) is 19.9. The summed E-state index contributed by atoms with van der Waals surface area (Å²) in [5, 5.41) is 9.58. The van der Waals surface area contributed by atoms with Crippen LogP contribution >= 0.6 is 0 Å². The van der Waals surface area contributed by atoms with Gasteiger partial charge in [-0.2, -0.15) is 0 Å². The molecule has 0 amide bonds. The van der Waals surface area contributed by atoms with E-state index in [0.717, 1.165) is 44.9 Å². The minimum absolute atomic E-state index is 0.180. The summed E-state index contributed by atoms with van der Waals surface area (Å²) in [6.45, 7) is 5.19. The zero-order valence-corrected chi connectivity index (χ0v) is 31.0. The molecule has 0 aliphatic carbocycles. The Morgan fingerprint density at radius 2 is 0.957 bits per heavy atom. The molecule has 0 aliphatic rings. The molecule has 47 heavy (non-hydrogen) atoms. The number of unbranched alkanes of at least 4 members (excludes halogenated alkanes) is 18. The van der Waals surface area contributed by atoms with Crippen LogP contribution in [0, 0.1) is 0 Å². The van der Waals surface area contributed by atoms with Crippen LogP contribution in [-0.4, -0.2) is 37.0 Å². The first-order chi connectivity index (χ1) is 23.2. The van der Waals surface area contributed by atoms with Gasteiger partial charge in [-0.3, -0.25) is 4.79 Å². The molecule has 4 nitrogen and oxygen atoms in total. The molecule has 0 saturated carbocycles. The lowest BCUT2D eigenvalue weighted by atomic mass is 10.1. The summed E-state index contributed by atoms with van der Waals surface area (Å²) in [6.07, 6.45) is 52.6. The van der Waals surface area contributed by atoms with E-state index < -0.39 is 6.10 Å². The van der Waals surface area contributed by atoms with Crippen LogP contribution in [0.4, 0.5) is 0 Å². The molecule has 0 aliphatic heterocycles. The number of rotatable bonds is 36. The normalized spacial score (nSPS) is 13.0. The van der Waals surface area contributed by atoms with Gasteiger partial charge in [0.2, 0.25) is 0 Å². The Bertz CT molecular complexity index is 779. The summed E-state index contributed by atoms with van der Waals surface area (Å²) in [5.41, 5.74) is 0. The zero-order chi connectivity index (χ0) is 34.1. The SMILES string of the molecule is CC/C=C\C/C=C\C/C=C\CCCCCCCCCCOCC(CO)OC(=O)CCCCCCCCC/C=C\C/C=C\CCCCC. The van der Waals surface area contributed by atoms with Gasteiger partial charge in [-0.1, -0.05) is 158 Å². The van der Waals surface area contributed by atoms with Crippen LogP contribution in [0.1, 0.15) is 181 Å². The highest BCUT2D eigenvalue weighted by atomic mass is 16.6. The van der Waals surface area contributed by atoms with E-state index in [2.05, 4.69) is 74.6 Å². The highest BCUT2D eigenvalue weighted by Crippen LogP contribution is 2.12. The van der Waals surface area contributed by atoms with Gasteiger partial charge in [0, 0.05) is 13.0 Å². The van der Waals surface area contributed by atoms with Crippen molar-refractivity contribution in [1.29, 1.82) is 0 Å². The summed E-state index contributed by atoms with van der Waals surface area (Å²) in [7, 11) is 0. The molecule has 0 aromatic rings. The van der Waals surface area contributed by atoms with Crippen LogP contribution in [0.2, 0.25) is 0 Å². The van der Waals surface area contributed by atoms with Crippen LogP contribution in [0.5, 0.6) is 0 Å². The van der Waals surface area contributed by atoms with Crippen LogP contribution in [0.25, 0.3) is 0 Å². The van der Waals surface area contributed by atoms with Crippen molar-refractivity contribution in [2.24, 2.45) is 0 Å². The van der Waals surface area contributed by atoms with Gasteiger partial charge in [-0.15, -0.1) is 0 Å². The van der Waals surface area contributed by atoms with Crippen LogP contribution in [-0.2, 0) is 14.3 Å². The topological polar surface area (TPSA) is 55.8 Å². The number of ether oxygens (including phenoxy) is 2. The van der Waals surface area contributed by atoms with E-state index >= 15 is 0 Å². The first kappa shape index (κ1) is 45.1. The average molecular weight is 657 g/mol. The Balaban J connectivity index is 3.48. The first-order valence-corrected chi connectivity index (χ1v) is 19.9. The lowest BCUT2D eigenvalue weighted by Crippen LogP contribution is -2.27. The number of aliphatic hydroxyl groups is 1. The molecule has 272 valence electrons. The van der Waals surface area contributed by atoms with Gasteiger partial charge in [-0.05, 0) is 77.0 Å². The Kier molecular flexibility index (Phi) is 38.6. The molecule has 0 aromatic heterocycles. The van der Waals surface area contributed by atoms with Crippen molar-refractivity contribution in [2.75, 3.05) is 19.8 Å². The van der Waals surface area contributed by atoms with E-state index in [1.807, 2.05) is 0 Å². The summed E-state index contributed by atoms with van der Waals surface area (Å²) in [5.74, 6) is -0.213. The second-order valence-corrected chi connectivity index (χ2v) is 13.0. The van der Waals surface area contributed by atoms with Crippen molar-refractivity contribution in [3.63, 3.8) is 0 Å².